The van der Waals surface area contributed by atoms with Crippen LogP contribution in [-0.4, -0.2) is 33.3 Å². The van der Waals surface area contributed by atoms with Gasteiger partial charge in [-0.05, 0) is 51.0 Å². The number of carbonyl (C=O) groups is 2. The number of aryl methyl sites for hydroxylation is 1. The molecule has 0 radical (unpaired) electrons. The molecule has 0 saturated heterocycles. The minimum atomic E-state index is -0.851. The first-order chi connectivity index (χ1) is 13.3. The smallest absolute Gasteiger partial charge is 0.311 e. The number of hydrogen-bond donors (Lipinski definition) is 2. The molecule has 1 aromatic heterocycles. The van der Waals surface area contributed by atoms with Crippen LogP contribution in [0.1, 0.15) is 49.1 Å². The Kier molecular flexibility index (Phi) is 5.82. The number of amides is 1. The topological polar surface area (TPSA) is 84.2 Å². The molecule has 0 aliphatic heterocycles. The number of aliphatic carboxylic acids is 1. The molecule has 1 saturated carbocycles. The molecule has 1 fully saturated rings. The zero-order valence-electron chi connectivity index (χ0n) is 16.3. The van der Waals surface area contributed by atoms with Crippen molar-refractivity contribution in [1.29, 1.82) is 0 Å². The summed E-state index contributed by atoms with van der Waals surface area (Å²) in [7, 11) is 0. The zero-order chi connectivity index (χ0) is 20.3. The SMILES string of the molecule is Cc1nn(-c2ccc(F)cc2)c(C)c1CC(=O)NCC1(C(=O)O)CCCCC1. The summed E-state index contributed by atoms with van der Waals surface area (Å²) in [5.41, 5.74) is 2.21. The van der Waals surface area contributed by atoms with Gasteiger partial charge in [-0.25, -0.2) is 9.07 Å². The minimum Gasteiger partial charge on any atom is -0.481 e. The van der Waals surface area contributed by atoms with E-state index in [1.807, 2.05) is 13.8 Å². The third-order valence-electron chi connectivity index (χ3n) is 5.74. The van der Waals surface area contributed by atoms with E-state index in [2.05, 4.69) is 10.4 Å². The Morgan fingerprint density at radius 2 is 1.82 bits per heavy atom. The number of aromatic nitrogens is 2. The Bertz CT molecular complexity index is 868. The Morgan fingerprint density at radius 1 is 1.18 bits per heavy atom. The van der Waals surface area contributed by atoms with Crippen molar-refractivity contribution >= 4 is 11.9 Å². The summed E-state index contributed by atoms with van der Waals surface area (Å²) >= 11 is 0. The van der Waals surface area contributed by atoms with Crippen molar-refractivity contribution in [2.24, 2.45) is 5.41 Å². The molecule has 6 nitrogen and oxygen atoms in total. The van der Waals surface area contributed by atoms with Crippen molar-refractivity contribution in [2.75, 3.05) is 6.54 Å². The molecule has 2 aromatic rings. The molecular formula is C21H26FN3O3. The van der Waals surface area contributed by atoms with E-state index < -0.39 is 11.4 Å². The highest BCUT2D eigenvalue weighted by molar-refractivity contribution is 5.81. The van der Waals surface area contributed by atoms with Gasteiger partial charge in [0.15, 0.2) is 0 Å². The average Bonchev–Trinajstić information content (AvgIpc) is 2.96. The highest BCUT2D eigenvalue weighted by Crippen LogP contribution is 2.36. The lowest BCUT2D eigenvalue weighted by molar-refractivity contribution is -0.151. The number of nitrogens with zero attached hydrogens (tertiary/aromatic N) is 2. The molecule has 0 spiro atoms. The first-order valence-corrected chi connectivity index (χ1v) is 9.63. The van der Waals surface area contributed by atoms with Gasteiger partial charge in [0.2, 0.25) is 5.91 Å². The van der Waals surface area contributed by atoms with Gasteiger partial charge in [0, 0.05) is 17.8 Å². The van der Waals surface area contributed by atoms with Crippen molar-refractivity contribution in [3.05, 3.63) is 47.0 Å². The first kappa shape index (κ1) is 20.0. The Hall–Kier alpha value is -2.70. The molecule has 1 heterocycles. The second-order valence-electron chi connectivity index (χ2n) is 7.64. The van der Waals surface area contributed by atoms with E-state index in [-0.39, 0.29) is 24.7 Å². The van der Waals surface area contributed by atoms with Gasteiger partial charge in [0.1, 0.15) is 5.82 Å². The van der Waals surface area contributed by atoms with Crippen LogP contribution >= 0.6 is 0 Å². The van der Waals surface area contributed by atoms with E-state index in [1.54, 1.807) is 16.8 Å². The van der Waals surface area contributed by atoms with E-state index >= 15 is 0 Å². The van der Waals surface area contributed by atoms with Crippen LogP contribution in [0.25, 0.3) is 5.69 Å². The average molecular weight is 387 g/mol. The van der Waals surface area contributed by atoms with Crippen LogP contribution in [-0.2, 0) is 16.0 Å². The fourth-order valence-corrected chi connectivity index (χ4v) is 3.95. The van der Waals surface area contributed by atoms with Crippen molar-refractivity contribution < 1.29 is 19.1 Å². The van der Waals surface area contributed by atoms with Crippen LogP contribution in [0.4, 0.5) is 4.39 Å². The highest BCUT2D eigenvalue weighted by Gasteiger charge is 2.39. The lowest BCUT2D eigenvalue weighted by atomic mass is 9.74. The van der Waals surface area contributed by atoms with Gasteiger partial charge < -0.3 is 10.4 Å². The maximum atomic E-state index is 13.2. The highest BCUT2D eigenvalue weighted by atomic mass is 19.1. The van der Waals surface area contributed by atoms with E-state index in [9.17, 15) is 19.1 Å². The second kappa shape index (κ2) is 8.12. The predicted octanol–water partition coefficient (Wildman–Crippen LogP) is 3.32. The molecule has 0 atom stereocenters. The number of hydrogen-bond acceptors (Lipinski definition) is 3. The van der Waals surface area contributed by atoms with Gasteiger partial charge >= 0.3 is 5.97 Å². The molecule has 1 aromatic carbocycles. The van der Waals surface area contributed by atoms with Gasteiger partial charge in [-0.15, -0.1) is 0 Å². The number of carbonyl (C=O) groups excluding carboxylic acids is 1. The van der Waals surface area contributed by atoms with Crippen molar-refractivity contribution in [2.45, 2.75) is 52.4 Å². The predicted molar refractivity (Wildman–Crippen MR) is 103 cm³/mol. The summed E-state index contributed by atoms with van der Waals surface area (Å²) in [6.07, 6.45) is 4.14. The normalized spacial score (nSPS) is 16.0. The summed E-state index contributed by atoms with van der Waals surface area (Å²) in [6.45, 7) is 3.85. The molecule has 3 rings (SSSR count). The number of nitrogens with one attached hydrogen (secondary N) is 1. The fourth-order valence-electron chi connectivity index (χ4n) is 3.95. The summed E-state index contributed by atoms with van der Waals surface area (Å²) in [5.74, 6) is -1.36. The second-order valence-corrected chi connectivity index (χ2v) is 7.64. The Morgan fingerprint density at radius 3 is 2.43 bits per heavy atom. The van der Waals surface area contributed by atoms with Gasteiger partial charge in [-0.3, -0.25) is 9.59 Å². The Balaban J connectivity index is 1.70. The van der Waals surface area contributed by atoms with E-state index in [0.29, 0.717) is 12.8 Å². The lowest BCUT2D eigenvalue weighted by Gasteiger charge is -2.33. The van der Waals surface area contributed by atoms with Crippen LogP contribution in [0.3, 0.4) is 0 Å². The van der Waals surface area contributed by atoms with E-state index in [0.717, 1.165) is 41.9 Å². The number of carboxylic acids is 1. The molecule has 7 heteroatoms. The van der Waals surface area contributed by atoms with Gasteiger partial charge in [-0.1, -0.05) is 19.3 Å². The van der Waals surface area contributed by atoms with Gasteiger partial charge in [-0.2, -0.15) is 5.10 Å². The fraction of sp³-hybridized carbons (Fsp3) is 0.476. The zero-order valence-corrected chi connectivity index (χ0v) is 16.3. The summed E-state index contributed by atoms with van der Waals surface area (Å²) in [4.78, 5) is 24.3. The Labute approximate surface area is 163 Å². The maximum absolute atomic E-state index is 13.2. The van der Waals surface area contributed by atoms with Crippen molar-refractivity contribution in [3.63, 3.8) is 0 Å². The molecule has 1 aliphatic carbocycles. The first-order valence-electron chi connectivity index (χ1n) is 9.63. The van der Waals surface area contributed by atoms with Crippen LogP contribution in [0.15, 0.2) is 24.3 Å². The molecule has 1 amide bonds. The molecule has 0 unspecified atom stereocenters. The monoisotopic (exact) mass is 387 g/mol. The number of rotatable bonds is 6. The number of halogens is 1. The molecule has 28 heavy (non-hydrogen) atoms. The molecular weight excluding hydrogens is 361 g/mol. The largest absolute Gasteiger partial charge is 0.481 e. The van der Waals surface area contributed by atoms with Crippen molar-refractivity contribution in [3.8, 4) is 5.69 Å². The van der Waals surface area contributed by atoms with Crippen LogP contribution < -0.4 is 5.32 Å². The molecule has 150 valence electrons. The standard InChI is InChI=1S/C21H26FN3O3/c1-14-18(15(2)25(24-14)17-8-6-16(22)7-9-17)12-19(26)23-13-21(20(27)28)10-4-3-5-11-21/h6-9H,3-5,10-13H2,1-2H3,(H,23,26)(H,27,28). The van der Waals surface area contributed by atoms with Crippen LogP contribution in [0.5, 0.6) is 0 Å². The summed E-state index contributed by atoms with van der Waals surface area (Å²) < 4.78 is 14.9. The van der Waals surface area contributed by atoms with Gasteiger partial charge in [0.25, 0.3) is 0 Å². The molecule has 1 aliphatic rings. The number of benzene rings is 1. The van der Waals surface area contributed by atoms with E-state index in [4.69, 9.17) is 0 Å². The minimum absolute atomic E-state index is 0.133. The van der Waals surface area contributed by atoms with Crippen molar-refractivity contribution in [1.82, 2.24) is 15.1 Å². The maximum Gasteiger partial charge on any atom is 0.311 e. The molecule has 0 bridgehead atoms. The lowest BCUT2D eigenvalue weighted by Crippen LogP contribution is -2.44. The van der Waals surface area contributed by atoms with Crippen LogP contribution in [0.2, 0.25) is 0 Å². The summed E-state index contributed by atoms with van der Waals surface area (Å²) in [6, 6.07) is 6.01. The van der Waals surface area contributed by atoms with E-state index in [1.165, 1.54) is 12.1 Å². The number of carboxylic acid groups (broad SMARTS) is 1. The summed E-state index contributed by atoms with van der Waals surface area (Å²) in [5, 5.41) is 16.9. The third kappa shape index (κ3) is 4.08. The quantitative estimate of drug-likeness (QED) is 0.796. The molecule has 2 N–H and O–H groups in total. The van der Waals surface area contributed by atoms with Gasteiger partial charge in [0.05, 0.1) is 23.2 Å². The van der Waals surface area contributed by atoms with Crippen LogP contribution in [0, 0.1) is 25.1 Å². The third-order valence-corrected chi connectivity index (χ3v) is 5.74.